The Kier molecular flexibility index (Phi) is 3.92. The zero-order valence-corrected chi connectivity index (χ0v) is 13.7. The maximum absolute atomic E-state index is 12.5. The van der Waals surface area contributed by atoms with Gasteiger partial charge in [0.15, 0.2) is 0 Å². The molecule has 0 bridgehead atoms. The van der Waals surface area contributed by atoms with E-state index in [0.29, 0.717) is 11.2 Å². The summed E-state index contributed by atoms with van der Waals surface area (Å²) in [5, 5.41) is 0.894. The molecule has 0 aliphatic heterocycles. The lowest BCUT2D eigenvalue weighted by atomic mass is 10.1. The molecule has 5 nitrogen and oxygen atoms in total. The third-order valence-electron chi connectivity index (χ3n) is 3.53. The van der Waals surface area contributed by atoms with Crippen molar-refractivity contribution in [2.75, 3.05) is 23.7 Å². The molecule has 0 amide bonds. The quantitative estimate of drug-likeness (QED) is 0.800. The van der Waals surface area contributed by atoms with Crippen LogP contribution in [0.3, 0.4) is 0 Å². The lowest BCUT2D eigenvalue weighted by molar-refractivity contribution is 0.601. The zero-order valence-electron chi connectivity index (χ0n) is 12.9. The summed E-state index contributed by atoms with van der Waals surface area (Å²) in [5.41, 5.74) is 2.07. The van der Waals surface area contributed by atoms with Crippen molar-refractivity contribution in [1.82, 2.24) is 4.98 Å². The van der Waals surface area contributed by atoms with E-state index >= 15 is 0 Å². The highest BCUT2D eigenvalue weighted by Gasteiger charge is 2.16. The predicted octanol–water partition coefficient (Wildman–Crippen LogP) is 3.10. The topological polar surface area (TPSA) is 62.3 Å². The van der Waals surface area contributed by atoms with Crippen LogP contribution in [0.5, 0.6) is 0 Å². The number of hydrogen-bond acceptors (Lipinski definition) is 4. The Balaban J connectivity index is 2.10. The van der Waals surface area contributed by atoms with Crippen molar-refractivity contribution < 1.29 is 8.42 Å². The Hall–Kier alpha value is -2.60. The summed E-state index contributed by atoms with van der Waals surface area (Å²) < 4.78 is 27.7. The van der Waals surface area contributed by atoms with Crippen LogP contribution in [0.1, 0.15) is 0 Å². The van der Waals surface area contributed by atoms with E-state index in [9.17, 15) is 8.42 Å². The second kappa shape index (κ2) is 5.89. The molecule has 0 spiro atoms. The van der Waals surface area contributed by atoms with Crippen LogP contribution in [0.2, 0.25) is 0 Å². The van der Waals surface area contributed by atoms with Crippen molar-refractivity contribution in [2.24, 2.45) is 0 Å². The van der Waals surface area contributed by atoms with Crippen LogP contribution in [0.15, 0.2) is 65.7 Å². The van der Waals surface area contributed by atoms with Gasteiger partial charge in [-0.3, -0.25) is 9.71 Å². The van der Waals surface area contributed by atoms with Crippen molar-refractivity contribution in [3.8, 4) is 0 Å². The van der Waals surface area contributed by atoms with E-state index in [0.717, 1.165) is 11.1 Å². The number of fused-ring (bicyclic) bond motifs is 1. The Bertz CT molecular complexity index is 938. The number of anilines is 2. The molecule has 1 N–H and O–H groups in total. The van der Waals surface area contributed by atoms with Crippen LogP contribution in [0.4, 0.5) is 11.4 Å². The molecule has 0 saturated carbocycles. The number of sulfonamides is 1. The highest BCUT2D eigenvalue weighted by Crippen LogP contribution is 2.29. The number of nitrogens with one attached hydrogen (secondary N) is 1. The minimum atomic E-state index is -3.64. The van der Waals surface area contributed by atoms with Gasteiger partial charge in [-0.2, -0.15) is 0 Å². The molecule has 0 fully saturated rings. The van der Waals surface area contributed by atoms with Crippen molar-refractivity contribution in [1.29, 1.82) is 0 Å². The number of pyridine rings is 1. The van der Waals surface area contributed by atoms with Crippen LogP contribution in [-0.4, -0.2) is 27.5 Å². The van der Waals surface area contributed by atoms with E-state index in [1.807, 2.05) is 37.2 Å². The standard InChI is InChI=1S/C17H17N3O2S/c1-20(2)16-11-12-18-17-14(16)9-6-10-15(17)19-23(21,22)13-7-4-3-5-8-13/h3-12,19H,1-2H3. The first kappa shape index (κ1) is 15.3. The van der Waals surface area contributed by atoms with Gasteiger partial charge in [0.1, 0.15) is 0 Å². The second-order valence-corrected chi connectivity index (χ2v) is 7.03. The second-order valence-electron chi connectivity index (χ2n) is 5.34. The normalized spacial score (nSPS) is 11.4. The van der Waals surface area contributed by atoms with Crippen molar-refractivity contribution in [2.45, 2.75) is 4.90 Å². The van der Waals surface area contributed by atoms with E-state index in [1.54, 1.807) is 42.6 Å². The van der Waals surface area contributed by atoms with E-state index in [1.165, 1.54) is 0 Å². The molecule has 0 aliphatic rings. The summed E-state index contributed by atoms with van der Waals surface area (Å²) in [6.45, 7) is 0. The summed E-state index contributed by atoms with van der Waals surface area (Å²) in [6.07, 6.45) is 1.68. The van der Waals surface area contributed by atoms with Crippen LogP contribution >= 0.6 is 0 Å². The highest BCUT2D eigenvalue weighted by molar-refractivity contribution is 7.92. The maximum atomic E-state index is 12.5. The minimum Gasteiger partial charge on any atom is -0.377 e. The average molecular weight is 327 g/mol. The van der Waals surface area contributed by atoms with Crippen molar-refractivity contribution in [3.05, 3.63) is 60.8 Å². The molecule has 118 valence electrons. The number of para-hydroxylation sites is 1. The van der Waals surface area contributed by atoms with Gasteiger partial charge in [-0.1, -0.05) is 30.3 Å². The first-order valence-corrected chi connectivity index (χ1v) is 8.60. The van der Waals surface area contributed by atoms with Crippen LogP contribution in [-0.2, 0) is 10.0 Å². The van der Waals surface area contributed by atoms with Gasteiger partial charge in [0.25, 0.3) is 10.0 Å². The summed E-state index contributed by atoms with van der Waals surface area (Å²) in [5.74, 6) is 0. The molecule has 0 aliphatic carbocycles. The van der Waals surface area contributed by atoms with Gasteiger partial charge in [0.2, 0.25) is 0 Å². The molecule has 1 aromatic heterocycles. The molecule has 3 rings (SSSR count). The fourth-order valence-electron chi connectivity index (χ4n) is 2.44. The number of nitrogens with zero attached hydrogens (tertiary/aromatic N) is 2. The number of hydrogen-bond donors (Lipinski definition) is 1. The van der Waals surface area contributed by atoms with Gasteiger partial charge in [-0.05, 0) is 24.3 Å². The molecule has 0 atom stereocenters. The van der Waals surface area contributed by atoms with Crippen LogP contribution < -0.4 is 9.62 Å². The first-order chi connectivity index (χ1) is 11.0. The smallest absolute Gasteiger partial charge is 0.261 e. The van der Waals surface area contributed by atoms with Crippen LogP contribution in [0.25, 0.3) is 10.9 Å². The SMILES string of the molecule is CN(C)c1ccnc2c(NS(=O)(=O)c3ccccc3)cccc12. The maximum Gasteiger partial charge on any atom is 0.261 e. The summed E-state index contributed by atoms with van der Waals surface area (Å²) >= 11 is 0. The molecule has 1 heterocycles. The molecule has 2 aromatic carbocycles. The van der Waals surface area contributed by atoms with Gasteiger partial charge in [-0.25, -0.2) is 8.42 Å². The molecule has 0 saturated heterocycles. The van der Waals surface area contributed by atoms with Crippen LogP contribution in [0, 0.1) is 0 Å². The number of aromatic nitrogens is 1. The largest absolute Gasteiger partial charge is 0.377 e. The Morgan fingerprint density at radius 2 is 1.70 bits per heavy atom. The highest BCUT2D eigenvalue weighted by atomic mass is 32.2. The Labute approximate surface area is 135 Å². The predicted molar refractivity (Wildman–Crippen MR) is 93.3 cm³/mol. The molecular weight excluding hydrogens is 310 g/mol. The minimum absolute atomic E-state index is 0.223. The van der Waals surface area contributed by atoms with Gasteiger partial charge >= 0.3 is 0 Å². The van der Waals surface area contributed by atoms with Gasteiger partial charge < -0.3 is 4.90 Å². The van der Waals surface area contributed by atoms with Gasteiger partial charge in [0.05, 0.1) is 16.1 Å². The fraction of sp³-hybridized carbons (Fsp3) is 0.118. The monoisotopic (exact) mass is 327 g/mol. The van der Waals surface area contributed by atoms with E-state index in [2.05, 4.69) is 9.71 Å². The van der Waals surface area contributed by atoms with Crippen molar-refractivity contribution in [3.63, 3.8) is 0 Å². The van der Waals surface area contributed by atoms with Crippen molar-refractivity contribution >= 4 is 32.3 Å². The number of rotatable bonds is 4. The summed E-state index contributed by atoms with van der Waals surface area (Å²) in [6, 6.07) is 15.7. The van der Waals surface area contributed by atoms with E-state index in [4.69, 9.17) is 0 Å². The third kappa shape index (κ3) is 2.98. The average Bonchev–Trinajstić information content (AvgIpc) is 2.55. The Morgan fingerprint density at radius 3 is 2.39 bits per heavy atom. The van der Waals surface area contributed by atoms with Gasteiger partial charge in [0, 0.05) is 31.4 Å². The first-order valence-electron chi connectivity index (χ1n) is 7.12. The molecule has 0 unspecified atom stereocenters. The molecule has 0 radical (unpaired) electrons. The Morgan fingerprint density at radius 1 is 0.957 bits per heavy atom. The molecule has 23 heavy (non-hydrogen) atoms. The fourth-order valence-corrected chi connectivity index (χ4v) is 3.52. The lowest BCUT2D eigenvalue weighted by Gasteiger charge is -2.16. The number of benzene rings is 2. The van der Waals surface area contributed by atoms with Gasteiger partial charge in [-0.15, -0.1) is 0 Å². The zero-order chi connectivity index (χ0) is 16.4. The molecule has 6 heteroatoms. The molecular formula is C17H17N3O2S. The lowest BCUT2D eigenvalue weighted by Crippen LogP contribution is -2.14. The summed E-state index contributed by atoms with van der Waals surface area (Å²) in [7, 11) is 0.239. The van der Waals surface area contributed by atoms with E-state index < -0.39 is 10.0 Å². The third-order valence-corrected chi connectivity index (χ3v) is 4.91. The summed E-state index contributed by atoms with van der Waals surface area (Å²) in [4.78, 5) is 6.54. The molecule has 3 aromatic rings. The van der Waals surface area contributed by atoms with E-state index in [-0.39, 0.29) is 4.90 Å².